The quantitative estimate of drug-likeness (QED) is 0.799. The Morgan fingerprint density at radius 3 is 2.96 bits per heavy atom. The molecule has 3 N–H and O–H groups in total. The van der Waals surface area contributed by atoms with Crippen LogP contribution < -0.4 is 15.2 Å². The van der Waals surface area contributed by atoms with Crippen LogP contribution in [-0.4, -0.2) is 49.3 Å². The zero-order chi connectivity index (χ0) is 16.8. The van der Waals surface area contributed by atoms with Crippen molar-refractivity contribution in [2.75, 3.05) is 27.2 Å². The van der Waals surface area contributed by atoms with Crippen LogP contribution in [-0.2, 0) is 4.79 Å². The number of hydrogen-bond acceptors (Lipinski definition) is 5. The molecular formula is C17H26N2O4. The molecule has 0 spiro atoms. The largest absolute Gasteiger partial charge is 0.493 e. The summed E-state index contributed by atoms with van der Waals surface area (Å²) < 4.78 is 11.6. The number of rotatable bonds is 7. The molecule has 1 fully saturated rings. The molecule has 1 saturated heterocycles. The standard InChI is InChI=1S/C17H26N2O4/c1-19-10-4-5-12(11-19)23-17-13(6-3-7-15(17)22-2)14(18)8-9-16(20)21/h3,6-7,12,14H,4-5,8-11,18H2,1-2H3,(H,20,21). The van der Waals surface area contributed by atoms with Crippen LogP contribution in [0, 0.1) is 0 Å². The van der Waals surface area contributed by atoms with Crippen LogP contribution in [0.3, 0.4) is 0 Å². The highest BCUT2D eigenvalue weighted by molar-refractivity contribution is 5.66. The van der Waals surface area contributed by atoms with Crippen LogP contribution >= 0.6 is 0 Å². The Balaban J connectivity index is 2.19. The van der Waals surface area contributed by atoms with E-state index in [1.54, 1.807) is 7.11 Å². The van der Waals surface area contributed by atoms with Crippen molar-refractivity contribution < 1.29 is 19.4 Å². The predicted molar refractivity (Wildman–Crippen MR) is 87.9 cm³/mol. The summed E-state index contributed by atoms with van der Waals surface area (Å²) in [5.74, 6) is 0.439. The molecule has 6 heteroatoms. The molecule has 0 radical (unpaired) electrons. The Hall–Kier alpha value is -1.79. The molecule has 1 aliphatic heterocycles. The molecule has 1 heterocycles. The number of benzene rings is 1. The Morgan fingerprint density at radius 1 is 1.52 bits per heavy atom. The van der Waals surface area contributed by atoms with Gasteiger partial charge in [-0.1, -0.05) is 12.1 Å². The number of carboxylic acids is 1. The fourth-order valence-electron chi connectivity index (χ4n) is 2.93. The molecule has 1 aromatic rings. The van der Waals surface area contributed by atoms with E-state index in [1.807, 2.05) is 18.2 Å². The van der Waals surface area contributed by atoms with Crippen molar-refractivity contribution in [3.8, 4) is 11.5 Å². The first-order valence-electron chi connectivity index (χ1n) is 8.00. The first-order chi connectivity index (χ1) is 11.0. The highest BCUT2D eigenvalue weighted by Gasteiger charge is 2.23. The lowest BCUT2D eigenvalue weighted by Gasteiger charge is -2.31. The molecule has 6 nitrogen and oxygen atoms in total. The molecule has 0 aromatic heterocycles. The smallest absolute Gasteiger partial charge is 0.303 e. The van der Waals surface area contributed by atoms with Gasteiger partial charge in [0, 0.05) is 24.6 Å². The van der Waals surface area contributed by atoms with E-state index in [4.69, 9.17) is 20.3 Å². The highest BCUT2D eigenvalue weighted by Crippen LogP contribution is 2.37. The minimum atomic E-state index is -0.847. The number of hydrogen-bond donors (Lipinski definition) is 2. The third kappa shape index (κ3) is 4.84. The van der Waals surface area contributed by atoms with Gasteiger partial charge in [0.1, 0.15) is 6.10 Å². The summed E-state index contributed by atoms with van der Waals surface area (Å²) in [6, 6.07) is 5.19. The van der Waals surface area contributed by atoms with E-state index in [0.29, 0.717) is 17.9 Å². The van der Waals surface area contributed by atoms with Crippen LogP contribution in [0.1, 0.15) is 37.3 Å². The number of nitrogens with zero attached hydrogens (tertiary/aromatic N) is 1. The zero-order valence-electron chi connectivity index (χ0n) is 13.8. The van der Waals surface area contributed by atoms with Gasteiger partial charge in [-0.25, -0.2) is 0 Å². The van der Waals surface area contributed by atoms with Crippen molar-refractivity contribution in [2.45, 2.75) is 37.8 Å². The number of nitrogens with two attached hydrogens (primary N) is 1. The molecule has 2 unspecified atom stereocenters. The average molecular weight is 322 g/mol. The number of piperidine rings is 1. The summed E-state index contributed by atoms with van der Waals surface area (Å²) in [5.41, 5.74) is 7.00. The molecule has 1 aliphatic rings. The second kappa shape index (κ2) is 8.17. The maximum Gasteiger partial charge on any atom is 0.303 e. The normalized spacial score (nSPS) is 20.0. The lowest BCUT2D eigenvalue weighted by Crippen LogP contribution is -2.38. The molecule has 23 heavy (non-hydrogen) atoms. The van der Waals surface area contributed by atoms with Crippen molar-refractivity contribution in [3.05, 3.63) is 23.8 Å². The lowest BCUT2D eigenvalue weighted by molar-refractivity contribution is -0.137. The zero-order valence-corrected chi connectivity index (χ0v) is 13.8. The van der Waals surface area contributed by atoms with Gasteiger partial charge >= 0.3 is 5.97 Å². The Kier molecular flexibility index (Phi) is 6.24. The summed E-state index contributed by atoms with van der Waals surface area (Å²) in [4.78, 5) is 13.0. The van der Waals surface area contributed by atoms with Crippen molar-refractivity contribution in [2.24, 2.45) is 5.73 Å². The summed E-state index contributed by atoms with van der Waals surface area (Å²) in [7, 11) is 3.68. The van der Waals surface area contributed by atoms with Crippen LogP contribution in [0.25, 0.3) is 0 Å². The Labute approximate surface area is 137 Å². The molecule has 0 bridgehead atoms. The molecule has 128 valence electrons. The first kappa shape index (κ1) is 17.6. The van der Waals surface area contributed by atoms with Crippen LogP contribution in [0.15, 0.2) is 18.2 Å². The number of carboxylic acid groups (broad SMARTS) is 1. The number of para-hydroxylation sites is 1. The lowest BCUT2D eigenvalue weighted by atomic mass is 10.0. The van der Waals surface area contributed by atoms with Gasteiger partial charge in [0.25, 0.3) is 0 Å². The number of ether oxygens (including phenoxy) is 2. The molecule has 0 saturated carbocycles. The molecule has 1 aromatic carbocycles. The minimum absolute atomic E-state index is 0.0317. The Bertz CT molecular complexity index is 535. The van der Waals surface area contributed by atoms with E-state index in [9.17, 15) is 4.79 Å². The van der Waals surface area contributed by atoms with E-state index in [-0.39, 0.29) is 12.5 Å². The van der Waals surface area contributed by atoms with Crippen molar-refractivity contribution in [3.63, 3.8) is 0 Å². The van der Waals surface area contributed by atoms with Crippen molar-refractivity contribution in [1.29, 1.82) is 0 Å². The molecule has 2 rings (SSSR count). The third-order valence-corrected chi connectivity index (χ3v) is 4.16. The van der Waals surface area contributed by atoms with Crippen LogP contribution in [0.4, 0.5) is 0 Å². The van der Waals surface area contributed by atoms with E-state index in [2.05, 4.69) is 11.9 Å². The molecular weight excluding hydrogens is 296 g/mol. The van der Waals surface area contributed by atoms with Gasteiger partial charge in [-0.3, -0.25) is 4.79 Å². The first-order valence-corrected chi connectivity index (χ1v) is 8.00. The van der Waals surface area contributed by atoms with E-state index in [1.165, 1.54) is 0 Å². The summed E-state index contributed by atoms with van der Waals surface area (Å²) in [6.07, 6.45) is 2.58. The number of likely N-dealkylation sites (N-methyl/N-ethyl adjacent to an activating group) is 1. The number of likely N-dealkylation sites (tertiary alicyclic amines) is 1. The van der Waals surface area contributed by atoms with Gasteiger partial charge in [0.15, 0.2) is 11.5 Å². The fourth-order valence-corrected chi connectivity index (χ4v) is 2.93. The maximum absolute atomic E-state index is 10.8. The second-order valence-corrected chi connectivity index (χ2v) is 6.06. The molecule has 0 amide bonds. The second-order valence-electron chi connectivity index (χ2n) is 6.06. The van der Waals surface area contributed by atoms with E-state index >= 15 is 0 Å². The van der Waals surface area contributed by atoms with E-state index < -0.39 is 12.0 Å². The van der Waals surface area contributed by atoms with Gasteiger partial charge < -0.3 is 25.2 Å². The van der Waals surface area contributed by atoms with Crippen molar-refractivity contribution >= 4 is 5.97 Å². The monoisotopic (exact) mass is 322 g/mol. The highest BCUT2D eigenvalue weighted by atomic mass is 16.5. The fraction of sp³-hybridized carbons (Fsp3) is 0.588. The number of methoxy groups -OCH3 is 1. The minimum Gasteiger partial charge on any atom is -0.493 e. The third-order valence-electron chi connectivity index (χ3n) is 4.16. The van der Waals surface area contributed by atoms with Crippen LogP contribution in [0.2, 0.25) is 0 Å². The average Bonchev–Trinajstić information content (AvgIpc) is 2.52. The molecule has 0 aliphatic carbocycles. The van der Waals surface area contributed by atoms with Crippen molar-refractivity contribution in [1.82, 2.24) is 4.90 Å². The number of aliphatic carboxylic acids is 1. The van der Waals surface area contributed by atoms with Gasteiger partial charge in [0.05, 0.1) is 7.11 Å². The number of carbonyl (C=O) groups is 1. The summed E-state index contributed by atoms with van der Waals surface area (Å²) >= 11 is 0. The topological polar surface area (TPSA) is 85.0 Å². The van der Waals surface area contributed by atoms with Crippen LogP contribution in [0.5, 0.6) is 11.5 Å². The SMILES string of the molecule is COc1cccc(C(N)CCC(=O)O)c1OC1CCCN(C)C1. The van der Waals surface area contributed by atoms with Gasteiger partial charge in [0.2, 0.25) is 0 Å². The van der Waals surface area contributed by atoms with E-state index in [0.717, 1.165) is 31.5 Å². The summed E-state index contributed by atoms with van der Waals surface area (Å²) in [5, 5.41) is 8.85. The van der Waals surface area contributed by atoms with Gasteiger partial charge in [-0.05, 0) is 38.9 Å². The summed E-state index contributed by atoms with van der Waals surface area (Å²) in [6.45, 7) is 1.94. The van der Waals surface area contributed by atoms with Gasteiger partial charge in [-0.15, -0.1) is 0 Å². The Morgan fingerprint density at radius 2 is 2.30 bits per heavy atom. The van der Waals surface area contributed by atoms with Gasteiger partial charge in [-0.2, -0.15) is 0 Å². The molecule has 2 atom stereocenters. The maximum atomic E-state index is 10.8. The predicted octanol–water partition coefficient (Wildman–Crippen LogP) is 2.03.